The molecule has 0 fully saturated rings. The number of benzene rings is 1. The van der Waals surface area contributed by atoms with Crippen molar-refractivity contribution in [3.05, 3.63) is 62.4 Å². The second-order valence-corrected chi connectivity index (χ2v) is 5.40. The molecule has 0 aliphatic heterocycles. The van der Waals surface area contributed by atoms with Gasteiger partial charge in [0, 0.05) is 12.7 Å². The van der Waals surface area contributed by atoms with E-state index in [2.05, 4.69) is 0 Å². The fourth-order valence-electron chi connectivity index (χ4n) is 2.58. The summed E-state index contributed by atoms with van der Waals surface area (Å²) in [4.78, 5) is 25.2. The van der Waals surface area contributed by atoms with Crippen LogP contribution in [0.3, 0.4) is 0 Å². The Hall–Kier alpha value is -2.91. The first kappa shape index (κ1) is 17.4. The fourth-order valence-corrected chi connectivity index (χ4v) is 2.58. The van der Waals surface area contributed by atoms with Crippen LogP contribution in [0.15, 0.2) is 29.1 Å². The molecule has 1 aromatic heterocycles. The molecule has 1 aromatic carbocycles. The summed E-state index contributed by atoms with van der Waals surface area (Å²) in [6.45, 7) is 3.49. The first-order valence-corrected chi connectivity index (χ1v) is 7.39. The lowest BCUT2D eigenvalue weighted by Gasteiger charge is -2.16. The zero-order valence-corrected chi connectivity index (χ0v) is 13.8. The van der Waals surface area contributed by atoms with E-state index in [9.17, 15) is 20.0 Å². The Balaban J connectivity index is 2.74. The Morgan fingerprint density at radius 1 is 1.33 bits per heavy atom. The number of nitriles is 1. The lowest BCUT2D eigenvalue weighted by atomic mass is 9.95. The third-order valence-corrected chi connectivity index (χ3v) is 3.94. The maximum absolute atomic E-state index is 12.9. The predicted molar refractivity (Wildman–Crippen MR) is 88.3 cm³/mol. The largest absolute Gasteiger partial charge is 0.494 e. The number of hydrogen-bond donors (Lipinski definition) is 1. The number of nitrogens with zero attached hydrogens (tertiary/aromatic N) is 2. The molecule has 2 rings (SSSR count). The number of rotatable bonds is 5. The van der Waals surface area contributed by atoms with Gasteiger partial charge < -0.3 is 9.84 Å². The average molecular weight is 326 g/mol. The van der Waals surface area contributed by atoms with Crippen molar-refractivity contribution in [2.24, 2.45) is 0 Å². The van der Waals surface area contributed by atoms with E-state index in [1.165, 1.54) is 14.0 Å². The van der Waals surface area contributed by atoms with Gasteiger partial charge in [0.05, 0.1) is 18.7 Å². The number of methoxy groups -OCH3 is 1. The van der Waals surface area contributed by atoms with Crippen molar-refractivity contribution in [1.29, 1.82) is 5.26 Å². The van der Waals surface area contributed by atoms with Crippen LogP contribution in [0.25, 0.3) is 0 Å². The van der Waals surface area contributed by atoms with Crippen LogP contribution in [0, 0.1) is 25.2 Å². The Kier molecular flexibility index (Phi) is 5.17. The number of carbonyl (C=O) groups is 1. The molecule has 2 aromatic rings. The van der Waals surface area contributed by atoms with E-state index in [-0.39, 0.29) is 29.8 Å². The van der Waals surface area contributed by atoms with Crippen molar-refractivity contribution in [2.75, 3.05) is 13.7 Å². The molecule has 1 heterocycles. The van der Waals surface area contributed by atoms with Crippen molar-refractivity contribution in [3.63, 3.8) is 0 Å². The maximum atomic E-state index is 12.9. The molecule has 0 amide bonds. The molecule has 0 aliphatic rings. The Morgan fingerprint density at radius 3 is 2.58 bits per heavy atom. The van der Waals surface area contributed by atoms with Gasteiger partial charge in [0.25, 0.3) is 5.56 Å². The van der Waals surface area contributed by atoms with E-state index < -0.39 is 17.2 Å². The van der Waals surface area contributed by atoms with Crippen LogP contribution in [0.1, 0.15) is 32.6 Å². The van der Waals surface area contributed by atoms with Gasteiger partial charge in [-0.3, -0.25) is 14.2 Å². The smallest absolute Gasteiger partial charge is 0.271 e. The molecule has 0 saturated carbocycles. The standard InChI is InChI=1S/C18H18N2O4/c1-11-6-4-5-7-13(11)16(21)15-12(2)14(10-19)17(22)20(18(15)23)8-9-24-3/h4-7,23H,8-9H2,1-3H3. The molecule has 0 spiro atoms. The third kappa shape index (κ3) is 2.94. The van der Waals surface area contributed by atoms with E-state index in [1.807, 2.05) is 6.07 Å². The second-order valence-electron chi connectivity index (χ2n) is 5.40. The molecule has 0 unspecified atom stereocenters. The van der Waals surface area contributed by atoms with Crippen molar-refractivity contribution in [1.82, 2.24) is 4.57 Å². The van der Waals surface area contributed by atoms with Gasteiger partial charge in [-0.05, 0) is 25.0 Å². The van der Waals surface area contributed by atoms with Crippen LogP contribution in [-0.2, 0) is 11.3 Å². The first-order valence-electron chi connectivity index (χ1n) is 7.39. The number of aromatic nitrogens is 1. The van der Waals surface area contributed by atoms with Gasteiger partial charge in [0.1, 0.15) is 11.6 Å². The highest BCUT2D eigenvalue weighted by Gasteiger charge is 2.25. The Labute approximate surface area is 139 Å². The maximum Gasteiger partial charge on any atom is 0.271 e. The summed E-state index contributed by atoms with van der Waals surface area (Å²) in [6, 6.07) is 8.79. The molecule has 0 atom stereocenters. The topological polar surface area (TPSA) is 92.3 Å². The number of ether oxygens (including phenoxy) is 1. The van der Waals surface area contributed by atoms with Gasteiger partial charge in [-0.2, -0.15) is 5.26 Å². The highest BCUT2D eigenvalue weighted by molar-refractivity contribution is 6.12. The summed E-state index contributed by atoms with van der Waals surface area (Å²) in [7, 11) is 1.46. The van der Waals surface area contributed by atoms with Gasteiger partial charge >= 0.3 is 0 Å². The van der Waals surface area contributed by atoms with Gasteiger partial charge in [-0.1, -0.05) is 24.3 Å². The lowest BCUT2D eigenvalue weighted by Crippen LogP contribution is -2.28. The summed E-state index contributed by atoms with van der Waals surface area (Å²) in [5.41, 5.74) is 0.524. The molecular formula is C18H18N2O4. The monoisotopic (exact) mass is 326 g/mol. The molecule has 0 bridgehead atoms. The fraction of sp³-hybridized carbons (Fsp3) is 0.278. The molecule has 1 N–H and O–H groups in total. The highest BCUT2D eigenvalue weighted by atomic mass is 16.5. The van der Waals surface area contributed by atoms with Crippen LogP contribution in [0.2, 0.25) is 0 Å². The zero-order chi connectivity index (χ0) is 17.9. The minimum atomic E-state index is -0.633. The van der Waals surface area contributed by atoms with Crippen molar-refractivity contribution < 1.29 is 14.6 Å². The third-order valence-electron chi connectivity index (χ3n) is 3.94. The van der Waals surface area contributed by atoms with E-state index in [1.54, 1.807) is 31.2 Å². The quantitative estimate of drug-likeness (QED) is 0.847. The minimum Gasteiger partial charge on any atom is -0.494 e. The minimum absolute atomic E-state index is 0.0310. The number of ketones is 1. The van der Waals surface area contributed by atoms with Gasteiger partial charge in [0.2, 0.25) is 5.88 Å². The normalized spacial score (nSPS) is 10.4. The molecule has 0 radical (unpaired) electrons. The van der Waals surface area contributed by atoms with E-state index >= 15 is 0 Å². The molecule has 24 heavy (non-hydrogen) atoms. The average Bonchev–Trinajstić information content (AvgIpc) is 2.55. The van der Waals surface area contributed by atoms with E-state index in [0.29, 0.717) is 5.56 Å². The molecule has 6 heteroatoms. The molecule has 124 valence electrons. The summed E-state index contributed by atoms with van der Waals surface area (Å²) >= 11 is 0. The van der Waals surface area contributed by atoms with Crippen LogP contribution < -0.4 is 5.56 Å². The highest BCUT2D eigenvalue weighted by Crippen LogP contribution is 2.25. The summed E-state index contributed by atoms with van der Waals surface area (Å²) in [5, 5.41) is 19.8. The van der Waals surface area contributed by atoms with Gasteiger partial charge in [-0.25, -0.2) is 0 Å². The number of pyridine rings is 1. The van der Waals surface area contributed by atoms with Crippen LogP contribution in [-0.4, -0.2) is 29.2 Å². The van der Waals surface area contributed by atoms with Crippen molar-refractivity contribution >= 4 is 5.78 Å². The van der Waals surface area contributed by atoms with E-state index in [0.717, 1.165) is 10.1 Å². The van der Waals surface area contributed by atoms with Crippen LogP contribution in [0.5, 0.6) is 5.88 Å². The van der Waals surface area contributed by atoms with Crippen molar-refractivity contribution in [2.45, 2.75) is 20.4 Å². The molecule has 6 nitrogen and oxygen atoms in total. The molecule has 0 aliphatic carbocycles. The van der Waals surface area contributed by atoms with E-state index in [4.69, 9.17) is 4.74 Å². The zero-order valence-electron chi connectivity index (χ0n) is 13.8. The SMILES string of the molecule is COCCn1c(O)c(C(=O)c2ccccc2C)c(C)c(C#N)c1=O. The predicted octanol–water partition coefficient (Wildman–Crippen LogP) is 1.92. The number of carbonyl (C=O) groups excluding carboxylic acids is 1. The number of aryl methyl sites for hydroxylation is 1. The Bertz CT molecular complexity index is 891. The summed E-state index contributed by atoms with van der Waals surface area (Å²) in [6.07, 6.45) is 0. The first-order chi connectivity index (χ1) is 11.4. The van der Waals surface area contributed by atoms with Gasteiger partial charge in [0.15, 0.2) is 5.78 Å². The van der Waals surface area contributed by atoms with Crippen LogP contribution >= 0.6 is 0 Å². The van der Waals surface area contributed by atoms with Crippen molar-refractivity contribution in [3.8, 4) is 11.9 Å². The second kappa shape index (κ2) is 7.11. The molecular weight excluding hydrogens is 308 g/mol. The van der Waals surface area contributed by atoms with Crippen LogP contribution in [0.4, 0.5) is 0 Å². The van der Waals surface area contributed by atoms with Gasteiger partial charge in [-0.15, -0.1) is 0 Å². The lowest BCUT2D eigenvalue weighted by molar-refractivity contribution is 0.103. The number of hydrogen-bond acceptors (Lipinski definition) is 5. The molecule has 0 saturated heterocycles. The summed E-state index contributed by atoms with van der Waals surface area (Å²) < 4.78 is 5.93. The number of aromatic hydroxyl groups is 1. The summed E-state index contributed by atoms with van der Waals surface area (Å²) in [5.74, 6) is -0.868. The Morgan fingerprint density at radius 2 is 2.00 bits per heavy atom.